The number of Topliss-reactive ketones (excluding diaryl/α,β-unsaturated/α-hetero) is 2. The van der Waals surface area contributed by atoms with Gasteiger partial charge in [-0.25, -0.2) is 0 Å². The molecule has 21 heavy (non-hydrogen) atoms. The molecule has 1 atom stereocenters. The highest BCUT2D eigenvalue weighted by molar-refractivity contribution is 6.22. The van der Waals surface area contributed by atoms with E-state index in [-0.39, 0.29) is 17.5 Å². The van der Waals surface area contributed by atoms with Gasteiger partial charge in [-0.1, -0.05) is 66.7 Å². The van der Waals surface area contributed by atoms with Gasteiger partial charge in [-0.2, -0.15) is 0 Å². The number of rotatable bonds is 5. The van der Waals surface area contributed by atoms with Crippen LogP contribution in [0.4, 0.5) is 0 Å². The number of benzene rings is 2. The van der Waals surface area contributed by atoms with Crippen LogP contribution >= 0.6 is 0 Å². The Balaban J connectivity index is 2.00. The maximum atomic E-state index is 12.8. The maximum Gasteiger partial charge on any atom is 0.177 e. The highest BCUT2D eigenvalue weighted by Gasteiger charge is 2.63. The molecule has 1 fully saturated rings. The van der Waals surface area contributed by atoms with Crippen molar-refractivity contribution in [3.8, 4) is 0 Å². The number of hydrogen-bond donors (Lipinski definition) is 0. The minimum absolute atomic E-state index is 0.0714. The second-order valence-electron chi connectivity index (χ2n) is 5.41. The highest BCUT2D eigenvalue weighted by atomic mass is 16.2. The van der Waals surface area contributed by atoms with Crippen molar-refractivity contribution in [2.75, 3.05) is 0 Å². The Labute approximate surface area is 124 Å². The van der Waals surface area contributed by atoms with Gasteiger partial charge >= 0.3 is 0 Å². The lowest BCUT2D eigenvalue weighted by Crippen LogP contribution is -2.28. The first kappa shape index (κ1) is 13.5. The van der Waals surface area contributed by atoms with Gasteiger partial charge in [0.15, 0.2) is 11.6 Å². The molecule has 0 spiro atoms. The molecule has 2 nitrogen and oxygen atoms in total. The van der Waals surface area contributed by atoms with Crippen LogP contribution in [0.15, 0.2) is 73.3 Å². The predicted octanol–water partition coefficient (Wildman–Crippen LogP) is 3.94. The Bertz CT molecular complexity index is 635. The smallest absolute Gasteiger partial charge is 0.177 e. The summed E-state index contributed by atoms with van der Waals surface area (Å²) in [5.41, 5.74) is 0.224. The third-order valence-electron chi connectivity index (χ3n) is 4.18. The van der Waals surface area contributed by atoms with E-state index in [2.05, 4.69) is 6.58 Å². The van der Waals surface area contributed by atoms with Crippen LogP contribution in [0.3, 0.4) is 0 Å². The lowest BCUT2D eigenvalue weighted by molar-refractivity contribution is 0.0773. The molecule has 0 bridgehead atoms. The van der Waals surface area contributed by atoms with Crippen LogP contribution < -0.4 is 0 Å². The standard InChI is InChI=1S/C19H16O2/c1-2-16-13-19(16,17(20)14-9-5-3-6-10-14)18(21)15-11-7-4-8-12-15/h2-12,16H,1,13H2. The van der Waals surface area contributed by atoms with Crippen LogP contribution in [0.5, 0.6) is 0 Å². The number of allylic oxidation sites excluding steroid dienone is 1. The van der Waals surface area contributed by atoms with Gasteiger partial charge in [0.05, 0.1) is 0 Å². The summed E-state index contributed by atoms with van der Waals surface area (Å²) in [6.07, 6.45) is 2.28. The Morgan fingerprint density at radius 3 is 1.67 bits per heavy atom. The monoisotopic (exact) mass is 276 g/mol. The molecular weight excluding hydrogens is 260 g/mol. The lowest BCUT2D eigenvalue weighted by Gasteiger charge is -2.14. The van der Waals surface area contributed by atoms with Crippen LogP contribution in [-0.2, 0) is 0 Å². The molecule has 0 aromatic heterocycles. The molecule has 0 heterocycles. The van der Waals surface area contributed by atoms with E-state index in [1.807, 2.05) is 36.4 Å². The summed E-state index contributed by atoms with van der Waals surface area (Å²) in [5, 5.41) is 0. The lowest BCUT2D eigenvalue weighted by atomic mass is 9.85. The topological polar surface area (TPSA) is 34.1 Å². The van der Waals surface area contributed by atoms with Crippen molar-refractivity contribution in [3.05, 3.63) is 84.4 Å². The van der Waals surface area contributed by atoms with Gasteiger partial charge < -0.3 is 0 Å². The Kier molecular flexibility index (Phi) is 3.30. The summed E-state index contributed by atoms with van der Waals surface area (Å²) in [4.78, 5) is 25.7. The largest absolute Gasteiger partial charge is 0.293 e. The van der Waals surface area contributed by atoms with Crippen LogP contribution in [0.25, 0.3) is 0 Å². The number of carbonyl (C=O) groups excluding carboxylic acids is 2. The van der Waals surface area contributed by atoms with Crippen molar-refractivity contribution in [2.45, 2.75) is 6.42 Å². The van der Waals surface area contributed by atoms with E-state index in [1.54, 1.807) is 30.3 Å². The zero-order valence-electron chi connectivity index (χ0n) is 11.7. The quantitative estimate of drug-likeness (QED) is 0.471. The Morgan fingerprint density at radius 1 is 0.905 bits per heavy atom. The van der Waals surface area contributed by atoms with E-state index in [0.717, 1.165) is 0 Å². The van der Waals surface area contributed by atoms with Gasteiger partial charge in [0.2, 0.25) is 0 Å². The van der Waals surface area contributed by atoms with Crippen molar-refractivity contribution >= 4 is 11.6 Å². The van der Waals surface area contributed by atoms with Crippen molar-refractivity contribution in [2.24, 2.45) is 11.3 Å². The van der Waals surface area contributed by atoms with E-state index >= 15 is 0 Å². The average Bonchev–Trinajstić information content (AvgIpc) is 3.31. The summed E-state index contributed by atoms with van der Waals surface area (Å²) in [7, 11) is 0. The normalized spacial score (nSPS) is 18.8. The first-order chi connectivity index (χ1) is 10.2. The third kappa shape index (κ3) is 2.13. The first-order valence-electron chi connectivity index (χ1n) is 7.02. The molecule has 0 amide bonds. The van der Waals surface area contributed by atoms with Crippen molar-refractivity contribution < 1.29 is 9.59 Å². The SMILES string of the molecule is C=CC1CC1(C(=O)c1ccccc1)C(=O)c1ccccc1. The Morgan fingerprint density at radius 2 is 1.33 bits per heavy atom. The predicted molar refractivity (Wildman–Crippen MR) is 82.3 cm³/mol. The number of carbonyl (C=O) groups is 2. The van der Waals surface area contributed by atoms with E-state index in [9.17, 15) is 9.59 Å². The zero-order chi connectivity index (χ0) is 14.9. The van der Waals surface area contributed by atoms with Crippen molar-refractivity contribution in [3.63, 3.8) is 0 Å². The second kappa shape index (κ2) is 5.13. The Hall–Kier alpha value is -2.48. The summed E-state index contributed by atoms with van der Waals surface area (Å²) < 4.78 is 0. The van der Waals surface area contributed by atoms with Crippen LogP contribution in [0, 0.1) is 11.3 Å². The van der Waals surface area contributed by atoms with E-state index in [0.29, 0.717) is 17.5 Å². The molecule has 0 radical (unpaired) electrons. The third-order valence-corrected chi connectivity index (χ3v) is 4.18. The molecule has 3 rings (SSSR count). The molecule has 2 aromatic carbocycles. The van der Waals surface area contributed by atoms with Gasteiger partial charge in [-0.05, 0) is 12.3 Å². The fourth-order valence-corrected chi connectivity index (χ4v) is 2.89. The summed E-state index contributed by atoms with van der Waals surface area (Å²) in [5.74, 6) is -0.262. The molecule has 104 valence electrons. The molecular formula is C19H16O2. The molecule has 1 unspecified atom stereocenters. The molecule has 0 saturated heterocycles. The number of hydrogen-bond acceptors (Lipinski definition) is 2. The molecule has 2 aromatic rings. The fraction of sp³-hybridized carbons (Fsp3) is 0.158. The molecule has 0 N–H and O–H groups in total. The molecule has 0 aliphatic heterocycles. The zero-order valence-corrected chi connectivity index (χ0v) is 11.7. The minimum Gasteiger partial charge on any atom is -0.293 e. The average molecular weight is 276 g/mol. The fourth-order valence-electron chi connectivity index (χ4n) is 2.89. The summed E-state index contributed by atoms with van der Waals surface area (Å²) in [6, 6.07) is 18.1. The van der Waals surface area contributed by atoms with Crippen molar-refractivity contribution in [1.82, 2.24) is 0 Å². The van der Waals surface area contributed by atoms with Crippen LogP contribution in [0.2, 0.25) is 0 Å². The first-order valence-corrected chi connectivity index (χ1v) is 7.02. The van der Waals surface area contributed by atoms with Gasteiger partial charge in [0, 0.05) is 11.1 Å². The summed E-state index contributed by atoms with van der Waals surface area (Å²) >= 11 is 0. The van der Waals surface area contributed by atoms with Crippen molar-refractivity contribution in [1.29, 1.82) is 0 Å². The minimum atomic E-state index is -0.954. The van der Waals surface area contributed by atoms with Gasteiger partial charge in [0.25, 0.3) is 0 Å². The highest BCUT2D eigenvalue weighted by Crippen LogP contribution is 2.57. The van der Waals surface area contributed by atoms with E-state index < -0.39 is 5.41 Å². The van der Waals surface area contributed by atoms with Crippen LogP contribution in [-0.4, -0.2) is 11.6 Å². The maximum absolute atomic E-state index is 12.8. The van der Waals surface area contributed by atoms with Gasteiger partial charge in [-0.3, -0.25) is 9.59 Å². The molecule has 2 heteroatoms. The second-order valence-corrected chi connectivity index (χ2v) is 5.41. The van der Waals surface area contributed by atoms with E-state index in [4.69, 9.17) is 0 Å². The molecule has 1 aliphatic rings. The number of ketones is 2. The molecule has 1 saturated carbocycles. The van der Waals surface area contributed by atoms with Crippen LogP contribution in [0.1, 0.15) is 27.1 Å². The van der Waals surface area contributed by atoms with E-state index in [1.165, 1.54) is 0 Å². The summed E-state index contributed by atoms with van der Waals surface area (Å²) in [6.45, 7) is 3.77. The van der Waals surface area contributed by atoms with Gasteiger partial charge in [-0.15, -0.1) is 6.58 Å². The molecule has 1 aliphatic carbocycles. The van der Waals surface area contributed by atoms with Gasteiger partial charge in [0.1, 0.15) is 5.41 Å².